The minimum absolute atomic E-state index is 0.0536. The molecule has 0 radical (unpaired) electrons. The highest BCUT2D eigenvalue weighted by atomic mass is 16.5. The number of aromatic hydroxyl groups is 1. The van der Waals surface area contributed by atoms with Gasteiger partial charge in [-0.3, -0.25) is 0 Å². The molecule has 0 amide bonds. The van der Waals surface area contributed by atoms with Gasteiger partial charge in [0.1, 0.15) is 5.75 Å². The van der Waals surface area contributed by atoms with Crippen molar-refractivity contribution in [2.75, 3.05) is 7.11 Å². The van der Waals surface area contributed by atoms with E-state index in [2.05, 4.69) is 10.1 Å². The topological polar surface area (TPSA) is 60.2 Å². The Kier molecular flexibility index (Phi) is 4.11. The van der Waals surface area contributed by atoms with Crippen molar-refractivity contribution < 1.29 is 9.84 Å². The predicted octanol–water partition coefficient (Wildman–Crippen LogP) is 4.32. The molecule has 0 fully saturated rings. The molecule has 0 saturated carbocycles. The van der Waals surface area contributed by atoms with Crippen molar-refractivity contribution in [1.29, 1.82) is 0 Å². The van der Waals surface area contributed by atoms with Gasteiger partial charge in [0.25, 0.3) is 0 Å². The third kappa shape index (κ3) is 3.02. The van der Waals surface area contributed by atoms with Crippen LogP contribution in [0.1, 0.15) is 0 Å². The van der Waals surface area contributed by atoms with Crippen molar-refractivity contribution in [2.24, 2.45) is 0 Å². The molecule has 2 heterocycles. The zero-order valence-electron chi connectivity index (χ0n) is 14.2. The van der Waals surface area contributed by atoms with Crippen LogP contribution < -0.4 is 4.74 Å². The maximum atomic E-state index is 10.2. The number of hydrogen-bond donors (Lipinski definition) is 1. The van der Waals surface area contributed by atoms with E-state index >= 15 is 0 Å². The third-order valence-electron chi connectivity index (χ3n) is 4.16. The second-order valence-corrected chi connectivity index (χ2v) is 5.79. The summed E-state index contributed by atoms with van der Waals surface area (Å²) in [4.78, 5) is 4.21. The van der Waals surface area contributed by atoms with Gasteiger partial charge in [0.2, 0.25) is 5.88 Å². The van der Waals surface area contributed by atoms with E-state index < -0.39 is 0 Å². The van der Waals surface area contributed by atoms with E-state index in [9.17, 15) is 5.11 Å². The van der Waals surface area contributed by atoms with Crippen molar-refractivity contribution in [2.45, 2.75) is 0 Å². The molecule has 0 atom stereocenters. The van der Waals surface area contributed by atoms with Crippen molar-refractivity contribution in [3.05, 3.63) is 79.0 Å². The Morgan fingerprint density at radius 1 is 0.846 bits per heavy atom. The normalized spacial score (nSPS) is 10.7. The van der Waals surface area contributed by atoms with Gasteiger partial charge >= 0.3 is 0 Å². The van der Waals surface area contributed by atoms with Crippen LogP contribution in [0.25, 0.3) is 28.2 Å². The van der Waals surface area contributed by atoms with Gasteiger partial charge in [0.05, 0.1) is 12.8 Å². The van der Waals surface area contributed by atoms with E-state index in [1.165, 1.54) is 4.68 Å². The first kappa shape index (κ1) is 15.9. The van der Waals surface area contributed by atoms with Gasteiger partial charge in [0.15, 0.2) is 5.82 Å². The Balaban J connectivity index is 1.63. The first-order chi connectivity index (χ1) is 12.7. The summed E-state index contributed by atoms with van der Waals surface area (Å²) in [6.07, 6.45) is 1.67. The summed E-state index contributed by atoms with van der Waals surface area (Å²) < 4.78 is 6.62. The molecule has 5 heteroatoms. The number of methoxy groups -OCH3 is 1. The van der Waals surface area contributed by atoms with Gasteiger partial charge in [-0.15, -0.1) is 0 Å². The molecule has 0 bridgehead atoms. The summed E-state index contributed by atoms with van der Waals surface area (Å²) in [5.41, 5.74) is 3.82. The van der Waals surface area contributed by atoms with Crippen LogP contribution in [-0.4, -0.2) is 27.0 Å². The van der Waals surface area contributed by atoms with Crippen LogP contribution in [0.2, 0.25) is 0 Å². The van der Waals surface area contributed by atoms with Gasteiger partial charge in [-0.2, -0.15) is 9.78 Å². The van der Waals surface area contributed by atoms with E-state index in [0.29, 0.717) is 11.5 Å². The molecule has 2 aromatic heterocycles. The van der Waals surface area contributed by atoms with E-state index in [1.807, 2.05) is 60.7 Å². The van der Waals surface area contributed by atoms with Gasteiger partial charge < -0.3 is 9.84 Å². The van der Waals surface area contributed by atoms with E-state index in [0.717, 1.165) is 22.4 Å². The summed E-state index contributed by atoms with van der Waals surface area (Å²) in [7, 11) is 1.66. The molecular weight excluding hydrogens is 326 g/mol. The van der Waals surface area contributed by atoms with Crippen LogP contribution in [0.15, 0.2) is 79.0 Å². The van der Waals surface area contributed by atoms with Crippen molar-refractivity contribution in [3.8, 4) is 39.8 Å². The second-order valence-electron chi connectivity index (χ2n) is 5.79. The molecule has 0 aliphatic rings. The smallest absolute Gasteiger partial charge is 0.216 e. The van der Waals surface area contributed by atoms with Crippen LogP contribution >= 0.6 is 0 Å². The SMILES string of the molecule is COc1ccc(-c2ccc(-c3cc(O)n(-c4ccccn4)n3)cc2)cc1. The van der Waals surface area contributed by atoms with Crippen molar-refractivity contribution in [3.63, 3.8) is 0 Å². The minimum Gasteiger partial charge on any atom is -0.497 e. The number of benzene rings is 2. The van der Waals surface area contributed by atoms with Crippen LogP contribution in [0.3, 0.4) is 0 Å². The highest BCUT2D eigenvalue weighted by Crippen LogP contribution is 2.28. The third-order valence-corrected chi connectivity index (χ3v) is 4.16. The number of aromatic nitrogens is 3. The van der Waals surface area contributed by atoms with Gasteiger partial charge in [-0.25, -0.2) is 4.98 Å². The monoisotopic (exact) mass is 343 g/mol. The Morgan fingerprint density at radius 2 is 1.50 bits per heavy atom. The summed E-state index contributed by atoms with van der Waals surface area (Å²) >= 11 is 0. The standard InChI is InChI=1S/C21H17N3O2/c1-26-18-11-9-16(10-12-18)15-5-7-17(8-6-15)19-14-21(25)24(23-19)20-4-2-3-13-22-20/h2-14,25H,1H3. The zero-order valence-corrected chi connectivity index (χ0v) is 14.2. The summed E-state index contributed by atoms with van der Waals surface area (Å²) in [5, 5.41) is 14.6. The maximum absolute atomic E-state index is 10.2. The lowest BCUT2D eigenvalue weighted by Crippen LogP contribution is -1.98. The lowest BCUT2D eigenvalue weighted by atomic mass is 10.0. The van der Waals surface area contributed by atoms with Crippen LogP contribution in [0.5, 0.6) is 11.6 Å². The van der Waals surface area contributed by atoms with E-state index in [4.69, 9.17) is 4.74 Å². The summed E-state index contributed by atoms with van der Waals surface area (Å²) in [5.74, 6) is 1.46. The lowest BCUT2D eigenvalue weighted by Gasteiger charge is -2.05. The van der Waals surface area contributed by atoms with Crippen LogP contribution in [-0.2, 0) is 0 Å². The molecular formula is C21H17N3O2. The maximum Gasteiger partial charge on any atom is 0.216 e. The highest BCUT2D eigenvalue weighted by molar-refractivity contribution is 5.69. The Bertz CT molecular complexity index is 1010. The highest BCUT2D eigenvalue weighted by Gasteiger charge is 2.11. The fraction of sp³-hybridized carbons (Fsp3) is 0.0476. The Labute approximate surface area is 151 Å². The number of rotatable bonds is 4. The molecule has 128 valence electrons. The largest absolute Gasteiger partial charge is 0.497 e. The van der Waals surface area contributed by atoms with Gasteiger partial charge in [-0.05, 0) is 35.4 Å². The first-order valence-electron chi connectivity index (χ1n) is 8.20. The average Bonchev–Trinajstić information content (AvgIpc) is 3.10. The van der Waals surface area contributed by atoms with Crippen LogP contribution in [0.4, 0.5) is 0 Å². The number of hydrogen-bond acceptors (Lipinski definition) is 4. The summed E-state index contributed by atoms with van der Waals surface area (Å²) in [6.45, 7) is 0. The molecule has 4 aromatic rings. The molecule has 0 unspecified atom stereocenters. The number of pyridine rings is 1. The fourth-order valence-corrected chi connectivity index (χ4v) is 2.78. The van der Waals surface area contributed by atoms with Crippen molar-refractivity contribution in [1.82, 2.24) is 14.8 Å². The lowest BCUT2D eigenvalue weighted by molar-refractivity contribution is 0.415. The average molecular weight is 343 g/mol. The molecule has 0 aliphatic heterocycles. The molecule has 0 saturated heterocycles. The molecule has 4 rings (SSSR count). The molecule has 2 aromatic carbocycles. The second kappa shape index (κ2) is 6.72. The molecule has 0 aliphatic carbocycles. The van der Waals surface area contributed by atoms with E-state index in [-0.39, 0.29) is 5.88 Å². The van der Waals surface area contributed by atoms with Gasteiger partial charge in [-0.1, -0.05) is 42.5 Å². The van der Waals surface area contributed by atoms with Crippen molar-refractivity contribution >= 4 is 0 Å². The molecule has 0 spiro atoms. The Morgan fingerprint density at radius 3 is 2.12 bits per heavy atom. The molecule has 1 N–H and O–H groups in total. The minimum atomic E-state index is 0.0536. The summed E-state index contributed by atoms with van der Waals surface area (Å²) in [6, 6.07) is 23.1. The fourth-order valence-electron chi connectivity index (χ4n) is 2.78. The van der Waals surface area contributed by atoms with Crippen LogP contribution in [0, 0.1) is 0 Å². The van der Waals surface area contributed by atoms with E-state index in [1.54, 1.807) is 25.4 Å². The molecule has 26 heavy (non-hydrogen) atoms. The number of ether oxygens (including phenoxy) is 1. The first-order valence-corrected chi connectivity index (χ1v) is 8.20. The quantitative estimate of drug-likeness (QED) is 0.600. The predicted molar refractivity (Wildman–Crippen MR) is 100 cm³/mol. The van der Waals surface area contributed by atoms with Gasteiger partial charge in [0, 0.05) is 17.8 Å². The molecule has 5 nitrogen and oxygen atoms in total. The number of nitrogens with zero attached hydrogens (tertiary/aromatic N) is 3. The zero-order chi connectivity index (χ0) is 17.9. The Hall–Kier alpha value is -3.60.